The van der Waals surface area contributed by atoms with Gasteiger partial charge in [-0.25, -0.2) is 9.97 Å². The van der Waals surface area contributed by atoms with E-state index in [0.717, 1.165) is 49.5 Å². The van der Waals surface area contributed by atoms with Crippen molar-refractivity contribution in [3.05, 3.63) is 30.1 Å². The quantitative estimate of drug-likeness (QED) is 0.903. The standard InChI is InChI=1S/C15H20N4O/c1-11-6-8-20-9-7-19(11)10-14-17-13-5-3-2-4-12(13)15(16)18-14/h2-5,11H,6-10H2,1H3,(H2,16,17,18)/t11-/m1/s1. The van der Waals surface area contributed by atoms with E-state index in [4.69, 9.17) is 10.5 Å². The molecule has 1 aliphatic rings. The third-order valence-electron chi connectivity index (χ3n) is 3.85. The molecule has 1 atom stereocenters. The first-order valence-corrected chi connectivity index (χ1v) is 7.07. The third kappa shape index (κ3) is 2.73. The molecule has 0 radical (unpaired) electrons. The Hall–Kier alpha value is -1.72. The van der Waals surface area contributed by atoms with Gasteiger partial charge in [-0.05, 0) is 25.5 Å². The van der Waals surface area contributed by atoms with Gasteiger partial charge in [0.1, 0.15) is 11.6 Å². The van der Waals surface area contributed by atoms with Gasteiger partial charge in [-0.2, -0.15) is 0 Å². The van der Waals surface area contributed by atoms with Crippen LogP contribution in [0.1, 0.15) is 19.2 Å². The van der Waals surface area contributed by atoms with Crippen molar-refractivity contribution in [3.8, 4) is 0 Å². The number of hydrogen-bond acceptors (Lipinski definition) is 5. The highest BCUT2D eigenvalue weighted by atomic mass is 16.5. The normalized spacial score (nSPS) is 20.9. The predicted molar refractivity (Wildman–Crippen MR) is 79.3 cm³/mol. The summed E-state index contributed by atoms with van der Waals surface area (Å²) in [6.07, 6.45) is 1.04. The molecule has 0 spiro atoms. The van der Waals surface area contributed by atoms with Crippen molar-refractivity contribution in [2.24, 2.45) is 0 Å². The van der Waals surface area contributed by atoms with Gasteiger partial charge in [0.05, 0.1) is 18.7 Å². The van der Waals surface area contributed by atoms with Crippen LogP contribution in [0.4, 0.5) is 5.82 Å². The fraction of sp³-hybridized carbons (Fsp3) is 0.467. The monoisotopic (exact) mass is 272 g/mol. The maximum absolute atomic E-state index is 6.03. The molecule has 2 N–H and O–H groups in total. The summed E-state index contributed by atoms with van der Waals surface area (Å²) in [7, 11) is 0. The second-order valence-corrected chi connectivity index (χ2v) is 5.26. The third-order valence-corrected chi connectivity index (χ3v) is 3.85. The topological polar surface area (TPSA) is 64.3 Å². The molecule has 106 valence electrons. The molecule has 3 rings (SSSR count). The van der Waals surface area contributed by atoms with Gasteiger partial charge in [-0.3, -0.25) is 4.90 Å². The van der Waals surface area contributed by atoms with Gasteiger partial charge < -0.3 is 10.5 Å². The average Bonchev–Trinajstić information content (AvgIpc) is 2.64. The lowest BCUT2D eigenvalue weighted by Gasteiger charge is -2.25. The molecule has 20 heavy (non-hydrogen) atoms. The second-order valence-electron chi connectivity index (χ2n) is 5.26. The molecule has 1 aliphatic heterocycles. The number of nitrogens with two attached hydrogens (primary N) is 1. The van der Waals surface area contributed by atoms with Crippen LogP contribution in [0.2, 0.25) is 0 Å². The van der Waals surface area contributed by atoms with Crippen molar-refractivity contribution >= 4 is 16.7 Å². The van der Waals surface area contributed by atoms with E-state index in [1.807, 2.05) is 24.3 Å². The largest absolute Gasteiger partial charge is 0.383 e. The maximum Gasteiger partial charge on any atom is 0.145 e. The Balaban J connectivity index is 1.86. The highest BCUT2D eigenvalue weighted by Gasteiger charge is 2.18. The van der Waals surface area contributed by atoms with Crippen LogP contribution in [-0.4, -0.2) is 40.7 Å². The Morgan fingerprint density at radius 2 is 2.15 bits per heavy atom. The molecule has 1 aromatic carbocycles. The lowest BCUT2D eigenvalue weighted by Crippen LogP contribution is -2.34. The second kappa shape index (κ2) is 5.73. The summed E-state index contributed by atoms with van der Waals surface area (Å²) >= 11 is 0. The summed E-state index contributed by atoms with van der Waals surface area (Å²) in [5.74, 6) is 1.35. The zero-order valence-electron chi connectivity index (χ0n) is 11.7. The summed E-state index contributed by atoms with van der Waals surface area (Å²) in [4.78, 5) is 11.4. The van der Waals surface area contributed by atoms with Crippen LogP contribution in [0.25, 0.3) is 10.9 Å². The molecule has 1 fully saturated rings. The number of aromatic nitrogens is 2. The molecule has 5 nitrogen and oxygen atoms in total. The SMILES string of the molecule is C[C@@H]1CCOCCN1Cc1nc(N)c2ccccc2n1. The molecular formula is C15H20N4O. The Labute approximate surface area is 118 Å². The Morgan fingerprint density at radius 1 is 1.30 bits per heavy atom. The van der Waals surface area contributed by atoms with Gasteiger partial charge in [0.15, 0.2) is 0 Å². The zero-order chi connectivity index (χ0) is 13.9. The van der Waals surface area contributed by atoms with Crippen molar-refractivity contribution < 1.29 is 4.74 Å². The first kappa shape index (κ1) is 13.3. The maximum atomic E-state index is 6.03. The summed E-state index contributed by atoms with van der Waals surface area (Å²) in [6, 6.07) is 8.34. The lowest BCUT2D eigenvalue weighted by molar-refractivity contribution is 0.138. The van der Waals surface area contributed by atoms with E-state index in [-0.39, 0.29) is 0 Å². The first-order chi connectivity index (χ1) is 9.74. The minimum absolute atomic E-state index is 0.480. The fourth-order valence-electron chi connectivity index (χ4n) is 2.58. The molecule has 1 saturated heterocycles. The van der Waals surface area contributed by atoms with Crippen LogP contribution >= 0.6 is 0 Å². The lowest BCUT2D eigenvalue weighted by atomic mass is 10.2. The van der Waals surface area contributed by atoms with Gasteiger partial charge in [0, 0.05) is 24.6 Å². The number of fused-ring (bicyclic) bond motifs is 1. The van der Waals surface area contributed by atoms with Crippen molar-refractivity contribution in [1.29, 1.82) is 0 Å². The van der Waals surface area contributed by atoms with Crippen molar-refractivity contribution in [3.63, 3.8) is 0 Å². The number of hydrogen-bond donors (Lipinski definition) is 1. The zero-order valence-corrected chi connectivity index (χ0v) is 11.7. The van der Waals surface area contributed by atoms with E-state index in [1.54, 1.807) is 0 Å². The van der Waals surface area contributed by atoms with Gasteiger partial charge >= 0.3 is 0 Å². The molecule has 1 aromatic heterocycles. The van der Waals surface area contributed by atoms with Crippen LogP contribution in [0.15, 0.2) is 24.3 Å². The number of anilines is 1. The van der Waals surface area contributed by atoms with Crippen molar-refractivity contribution in [1.82, 2.24) is 14.9 Å². The molecule has 5 heteroatoms. The van der Waals surface area contributed by atoms with Crippen LogP contribution in [-0.2, 0) is 11.3 Å². The predicted octanol–water partition coefficient (Wildman–Crippen LogP) is 1.82. The molecule has 2 aromatic rings. The van der Waals surface area contributed by atoms with Gasteiger partial charge in [0.25, 0.3) is 0 Å². The van der Waals surface area contributed by atoms with Crippen LogP contribution in [0, 0.1) is 0 Å². The van der Waals surface area contributed by atoms with Gasteiger partial charge in [0.2, 0.25) is 0 Å². The number of benzene rings is 1. The molecule has 0 aliphatic carbocycles. The minimum Gasteiger partial charge on any atom is -0.383 e. The smallest absolute Gasteiger partial charge is 0.145 e. The number of rotatable bonds is 2. The highest BCUT2D eigenvalue weighted by Crippen LogP contribution is 2.19. The minimum atomic E-state index is 0.480. The Kier molecular flexibility index (Phi) is 3.80. The molecular weight excluding hydrogens is 252 g/mol. The number of para-hydroxylation sites is 1. The van der Waals surface area contributed by atoms with Crippen LogP contribution in [0.5, 0.6) is 0 Å². The highest BCUT2D eigenvalue weighted by molar-refractivity contribution is 5.87. The van der Waals surface area contributed by atoms with E-state index in [2.05, 4.69) is 21.8 Å². The van der Waals surface area contributed by atoms with Gasteiger partial charge in [-0.1, -0.05) is 12.1 Å². The number of ether oxygens (including phenoxy) is 1. The molecule has 0 amide bonds. The number of nitrogens with zero attached hydrogens (tertiary/aromatic N) is 3. The van der Waals surface area contributed by atoms with E-state index in [9.17, 15) is 0 Å². The van der Waals surface area contributed by atoms with Crippen LogP contribution < -0.4 is 5.73 Å². The average molecular weight is 272 g/mol. The molecule has 0 unspecified atom stereocenters. The van der Waals surface area contributed by atoms with E-state index < -0.39 is 0 Å². The summed E-state index contributed by atoms with van der Waals surface area (Å²) in [5, 5.41) is 0.920. The molecule has 2 heterocycles. The molecule has 0 saturated carbocycles. The Morgan fingerprint density at radius 3 is 3.05 bits per heavy atom. The molecule has 0 bridgehead atoms. The summed E-state index contributed by atoms with van der Waals surface area (Å²) in [6.45, 7) is 5.46. The fourth-order valence-corrected chi connectivity index (χ4v) is 2.58. The Bertz CT molecular complexity index is 601. The van der Waals surface area contributed by atoms with Crippen molar-refractivity contribution in [2.45, 2.75) is 25.9 Å². The first-order valence-electron chi connectivity index (χ1n) is 7.07. The summed E-state index contributed by atoms with van der Waals surface area (Å²) in [5.41, 5.74) is 6.94. The van der Waals surface area contributed by atoms with Crippen molar-refractivity contribution in [2.75, 3.05) is 25.5 Å². The number of nitrogen functional groups attached to an aromatic ring is 1. The van der Waals surface area contributed by atoms with E-state index >= 15 is 0 Å². The van der Waals surface area contributed by atoms with Crippen LogP contribution in [0.3, 0.4) is 0 Å². The summed E-state index contributed by atoms with van der Waals surface area (Å²) < 4.78 is 5.52. The van der Waals surface area contributed by atoms with Gasteiger partial charge in [-0.15, -0.1) is 0 Å². The van der Waals surface area contributed by atoms with E-state index in [1.165, 1.54) is 0 Å². The van der Waals surface area contributed by atoms with E-state index in [0.29, 0.717) is 11.9 Å².